The van der Waals surface area contributed by atoms with Gasteiger partial charge in [-0.25, -0.2) is 15.8 Å². The standard InChI is InChI=1S/C13H12N6OS/c1-7-15-13(21-19-7)17-12(20)10-6-8-4-2-3-5-9(8)11(16-10)18-14/h2-6H,14H2,1H3,(H,16,18)(H,15,17,19,20). The Kier molecular flexibility index (Phi) is 3.46. The highest BCUT2D eigenvalue weighted by molar-refractivity contribution is 7.09. The molecule has 0 saturated heterocycles. The second kappa shape index (κ2) is 5.43. The first-order valence-corrected chi connectivity index (χ1v) is 6.93. The predicted octanol–water partition coefficient (Wildman–Crippen LogP) is 1.93. The lowest BCUT2D eigenvalue weighted by molar-refractivity contribution is 0.102. The van der Waals surface area contributed by atoms with E-state index in [1.807, 2.05) is 24.3 Å². The van der Waals surface area contributed by atoms with Gasteiger partial charge in [-0.15, -0.1) is 0 Å². The lowest BCUT2D eigenvalue weighted by atomic mass is 10.1. The average molecular weight is 300 g/mol. The van der Waals surface area contributed by atoms with E-state index < -0.39 is 0 Å². The van der Waals surface area contributed by atoms with E-state index in [0.717, 1.165) is 22.3 Å². The van der Waals surface area contributed by atoms with Crippen molar-refractivity contribution in [2.45, 2.75) is 6.92 Å². The minimum absolute atomic E-state index is 0.259. The topological polar surface area (TPSA) is 106 Å². The van der Waals surface area contributed by atoms with E-state index in [-0.39, 0.29) is 11.6 Å². The van der Waals surface area contributed by atoms with Gasteiger partial charge in [0.15, 0.2) is 0 Å². The molecule has 0 saturated carbocycles. The number of hydrazine groups is 1. The van der Waals surface area contributed by atoms with Crippen molar-refractivity contribution in [3.63, 3.8) is 0 Å². The third-order valence-corrected chi connectivity index (χ3v) is 3.58. The van der Waals surface area contributed by atoms with Crippen molar-refractivity contribution in [3.05, 3.63) is 41.9 Å². The third-order valence-electron chi connectivity index (χ3n) is 2.86. The molecule has 4 N–H and O–H groups in total. The number of benzene rings is 1. The van der Waals surface area contributed by atoms with Crippen molar-refractivity contribution in [2.75, 3.05) is 10.7 Å². The van der Waals surface area contributed by atoms with Crippen LogP contribution >= 0.6 is 11.5 Å². The van der Waals surface area contributed by atoms with Gasteiger partial charge in [-0.05, 0) is 18.4 Å². The SMILES string of the molecule is Cc1nsc(NC(=O)c2cc3ccccc3c(NN)n2)n1. The molecule has 3 rings (SSSR count). The van der Waals surface area contributed by atoms with Crippen molar-refractivity contribution in [1.29, 1.82) is 0 Å². The molecule has 0 aliphatic heterocycles. The predicted molar refractivity (Wildman–Crippen MR) is 82.2 cm³/mol. The first-order chi connectivity index (χ1) is 10.2. The van der Waals surface area contributed by atoms with Gasteiger partial charge in [0.2, 0.25) is 5.13 Å². The lowest BCUT2D eigenvalue weighted by Crippen LogP contribution is -2.16. The molecule has 2 aromatic heterocycles. The fraction of sp³-hybridized carbons (Fsp3) is 0.0769. The Hall–Kier alpha value is -2.58. The number of pyridine rings is 1. The summed E-state index contributed by atoms with van der Waals surface area (Å²) in [6, 6.07) is 9.25. The Bertz CT molecular complexity index is 815. The zero-order chi connectivity index (χ0) is 14.8. The van der Waals surface area contributed by atoms with Crippen LogP contribution in [0.2, 0.25) is 0 Å². The number of hydrogen-bond donors (Lipinski definition) is 3. The summed E-state index contributed by atoms with van der Waals surface area (Å²) < 4.78 is 4.01. The van der Waals surface area contributed by atoms with Gasteiger partial charge in [-0.1, -0.05) is 24.3 Å². The molecular weight excluding hydrogens is 288 g/mol. The fourth-order valence-electron chi connectivity index (χ4n) is 1.93. The molecule has 3 aromatic rings. The number of aryl methyl sites for hydroxylation is 1. The van der Waals surface area contributed by atoms with Crippen LogP contribution in [0.5, 0.6) is 0 Å². The number of nitrogens with one attached hydrogen (secondary N) is 2. The highest BCUT2D eigenvalue weighted by Gasteiger charge is 2.13. The van der Waals surface area contributed by atoms with Crippen LogP contribution in [0.25, 0.3) is 10.8 Å². The van der Waals surface area contributed by atoms with Gasteiger partial charge < -0.3 is 5.43 Å². The van der Waals surface area contributed by atoms with Gasteiger partial charge in [-0.3, -0.25) is 10.1 Å². The van der Waals surface area contributed by atoms with Crippen LogP contribution in [0.3, 0.4) is 0 Å². The van der Waals surface area contributed by atoms with Gasteiger partial charge in [-0.2, -0.15) is 4.37 Å². The summed E-state index contributed by atoms with van der Waals surface area (Å²) in [6.45, 7) is 1.76. The Morgan fingerprint density at radius 3 is 2.81 bits per heavy atom. The molecule has 106 valence electrons. The number of rotatable bonds is 3. The summed E-state index contributed by atoms with van der Waals surface area (Å²) in [7, 11) is 0. The molecule has 0 aliphatic rings. The van der Waals surface area contributed by atoms with Gasteiger partial charge in [0.05, 0.1) is 0 Å². The Morgan fingerprint density at radius 2 is 2.10 bits per heavy atom. The number of nitrogen functional groups attached to an aromatic ring is 1. The molecule has 0 fully saturated rings. The molecule has 0 radical (unpaired) electrons. The lowest BCUT2D eigenvalue weighted by Gasteiger charge is -2.08. The zero-order valence-electron chi connectivity index (χ0n) is 11.1. The molecule has 1 amide bonds. The molecule has 0 spiro atoms. The Morgan fingerprint density at radius 1 is 1.29 bits per heavy atom. The number of aromatic nitrogens is 3. The van der Waals surface area contributed by atoms with Crippen molar-refractivity contribution >= 4 is 39.2 Å². The molecule has 0 aliphatic carbocycles. The number of hydrogen-bond acceptors (Lipinski definition) is 7. The van der Waals surface area contributed by atoms with E-state index in [4.69, 9.17) is 5.84 Å². The number of nitrogens with two attached hydrogens (primary N) is 1. The average Bonchev–Trinajstić information content (AvgIpc) is 2.91. The molecule has 0 unspecified atom stereocenters. The quantitative estimate of drug-likeness (QED) is 0.504. The summed E-state index contributed by atoms with van der Waals surface area (Å²) >= 11 is 1.12. The summed E-state index contributed by atoms with van der Waals surface area (Å²) in [5.41, 5.74) is 2.78. The van der Waals surface area contributed by atoms with Crippen LogP contribution in [0.15, 0.2) is 30.3 Å². The summed E-state index contributed by atoms with van der Waals surface area (Å²) in [5, 5.41) is 4.83. The largest absolute Gasteiger partial charge is 0.308 e. The number of fused-ring (bicyclic) bond motifs is 1. The molecule has 0 bridgehead atoms. The maximum atomic E-state index is 12.2. The highest BCUT2D eigenvalue weighted by Crippen LogP contribution is 2.22. The molecular formula is C13H12N6OS. The van der Waals surface area contributed by atoms with E-state index in [0.29, 0.717) is 16.8 Å². The van der Waals surface area contributed by atoms with Crippen LogP contribution in [-0.4, -0.2) is 20.2 Å². The molecule has 1 aromatic carbocycles. The second-order valence-electron chi connectivity index (χ2n) is 4.32. The minimum atomic E-state index is -0.353. The third kappa shape index (κ3) is 2.67. The number of amides is 1. The smallest absolute Gasteiger partial charge is 0.276 e. The molecule has 2 heterocycles. The minimum Gasteiger partial charge on any atom is -0.308 e. The van der Waals surface area contributed by atoms with Gasteiger partial charge in [0.25, 0.3) is 5.91 Å². The normalized spacial score (nSPS) is 10.6. The first-order valence-electron chi connectivity index (χ1n) is 6.15. The van der Waals surface area contributed by atoms with Crippen molar-refractivity contribution < 1.29 is 4.79 Å². The molecule has 7 nitrogen and oxygen atoms in total. The molecule has 8 heteroatoms. The second-order valence-corrected chi connectivity index (χ2v) is 5.07. The fourth-order valence-corrected chi connectivity index (χ4v) is 2.50. The van der Waals surface area contributed by atoms with Gasteiger partial charge in [0, 0.05) is 16.9 Å². The summed E-state index contributed by atoms with van der Waals surface area (Å²) in [4.78, 5) is 20.6. The maximum absolute atomic E-state index is 12.2. The first kappa shape index (κ1) is 13.4. The number of anilines is 2. The molecule has 21 heavy (non-hydrogen) atoms. The van der Waals surface area contributed by atoms with E-state index in [2.05, 4.69) is 25.1 Å². The van der Waals surface area contributed by atoms with Crippen molar-refractivity contribution in [2.24, 2.45) is 5.84 Å². The Labute approximate surface area is 124 Å². The van der Waals surface area contributed by atoms with Crippen LogP contribution in [0.4, 0.5) is 10.9 Å². The summed E-state index contributed by atoms with van der Waals surface area (Å²) in [6.07, 6.45) is 0. The van der Waals surface area contributed by atoms with E-state index >= 15 is 0 Å². The van der Waals surface area contributed by atoms with E-state index in [1.54, 1.807) is 13.0 Å². The van der Waals surface area contributed by atoms with E-state index in [1.165, 1.54) is 0 Å². The summed E-state index contributed by atoms with van der Waals surface area (Å²) in [5.74, 6) is 6.19. The Balaban J connectivity index is 1.98. The van der Waals surface area contributed by atoms with E-state index in [9.17, 15) is 4.79 Å². The molecule has 0 atom stereocenters. The van der Waals surface area contributed by atoms with Gasteiger partial charge >= 0.3 is 0 Å². The van der Waals surface area contributed by atoms with Gasteiger partial charge in [0.1, 0.15) is 17.3 Å². The maximum Gasteiger partial charge on any atom is 0.276 e. The van der Waals surface area contributed by atoms with Crippen molar-refractivity contribution in [1.82, 2.24) is 14.3 Å². The zero-order valence-corrected chi connectivity index (χ0v) is 11.9. The highest BCUT2D eigenvalue weighted by atomic mass is 32.1. The van der Waals surface area contributed by atoms with Crippen LogP contribution in [-0.2, 0) is 0 Å². The van der Waals surface area contributed by atoms with Crippen LogP contribution in [0.1, 0.15) is 16.3 Å². The number of nitrogens with zero attached hydrogens (tertiary/aromatic N) is 3. The van der Waals surface area contributed by atoms with Crippen LogP contribution in [0, 0.1) is 6.92 Å². The number of carbonyl (C=O) groups is 1. The monoisotopic (exact) mass is 300 g/mol. The van der Waals surface area contributed by atoms with Crippen molar-refractivity contribution in [3.8, 4) is 0 Å². The number of carbonyl (C=O) groups excluding carboxylic acids is 1. The van der Waals surface area contributed by atoms with Crippen LogP contribution < -0.4 is 16.6 Å².